The van der Waals surface area contributed by atoms with Crippen molar-refractivity contribution in [1.29, 1.82) is 0 Å². The molecule has 0 bridgehead atoms. The molecule has 1 aliphatic carbocycles. The van der Waals surface area contributed by atoms with Gasteiger partial charge in [0.1, 0.15) is 0 Å². The lowest BCUT2D eigenvalue weighted by molar-refractivity contribution is -0.136. The summed E-state index contributed by atoms with van der Waals surface area (Å²) >= 11 is 0. The summed E-state index contributed by atoms with van der Waals surface area (Å²) in [5, 5.41) is 3.99. The quantitative estimate of drug-likeness (QED) is 0.345. The van der Waals surface area contributed by atoms with Crippen LogP contribution in [0.5, 0.6) is 0 Å². The number of anilines is 1. The minimum Gasteiger partial charge on any atom is -0.385 e. The van der Waals surface area contributed by atoms with Crippen LogP contribution in [0.1, 0.15) is 29.5 Å². The van der Waals surface area contributed by atoms with E-state index < -0.39 is 11.7 Å². The fourth-order valence-electron chi connectivity index (χ4n) is 4.15. The Morgan fingerprint density at radius 1 is 0.906 bits per heavy atom. The van der Waals surface area contributed by atoms with Gasteiger partial charge in [0.05, 0.1) is 11.1 Å². The van der Waals surface area contributed by atoms with Crippen molar-refractivity contribution in [3.05, 3.63) is 95.7 Å². The van der Waals surface area contributed by atoms with Gasteiger partial charge in [-0.05, 0) is 65.6 Å². The van der Waals surface area contributed by atoms with Crippen molar-refractivity contribution in [2.45, 2.75) is 25.4 Å². The summed E-state index contributed by atoms with van der Waals surface area (Å²) in [7, 11) is 0. The second-order valence-electron chi connectivity index (χ2n) is 8.43. The van der Waals surface area contributed by atoms with Crippen LogP contribution in [0.25, 0.3) is 22.0 Å². The molecular weight excluding hydrogens is 409 g/mol. The second-order valence-corrected chi connectivity index (χ2v) is 8.43. The van der Waals surface area contributed by atoms with E-state index in [0.717, 1.165) is 46.5 Å². The van der Waals surface area contributed by atoms with Crippen molar-refractivity contribution in [3.63, 3.8) is 0 Å². The maximum atomic E-state index is 13.7. The molecule has 1 aliphatic rings. The highest BCUT2D eigenvalue weighted by Gasteiger charge is 2.33. The highest BCUT2D eigenvalue weighted by atomic mass is 19.4. The molecule has 5 heteroatoms. The Kier molecular flexibility index (Phi) is 5.33. The van der Waals surface area contributed by atoms with Crippen molar-refractivity contribution < 1.29 is 13.2 Å². The minimum atomic E-state index is -4.46. The molecule has 5 rings (SSSR count). The third-order valence-corrected chi connectivity index (χ3v) is 5.96. The lowest BCUT2D eigenvalue weighted by Crippen LogP contribution is -2.07. The van der Waals surface area contributed by atoms with Crippen LogP contribution >= 0.6 is 0 Å². The number of hydrogen-bond acceptors (Lipinski definition) is 2. The number of para-hydroxylation sites is 1. The molecule has 3 aromatic carbocycles. The molecule has 0 aliphatic heterocycles. The summed E-state index contributed by atoms with van der Waals surface area (Å²) in [6, 6.07) is 22.2. The zero-order valence-electron chi connectivity index (χ0n) is 17.5. The fourth-order valence-corrected chi connectivity index (χ4v) is 4.15. The third-order valence-electron chi connectivity index (χ3n) is 5.96. The normalized spacial score (nSPS) is 14.0. The van der Waals surface area contributed by atoms with E-state index in [4.69, 9.17) is 0 Å². The molecule has 4 aromatic rings. The van der Waals surface area contributed by atoms with Crippen molar-refractivity contribution in [3.8, 4) is 11.1 Å². The molecule has 1 aromatic heterocycles. The van der Waals surface area contributed by atoms with Crippen LogP contribution in [0, 0.1) is 5.92 Å². The van der Waals surface area contributed by atoms with Crippen LogP contribution < -0.4 is 5.32 Å². The number of halogens is 3. The molecule has 1 fully saturated rings. The number of rotatable bonds is 6. The van der Waals surface area contributed by atoms with Gasteiger partial charge in [-0.15, -0.1) is 0 Å². The Morgan fingerprint density at radius 2 is 1.69 bits per heavy atom. The number of pyridine rings is 1. The third kappa shape index (κ3) is 4.33. The number of alkyl halides is 3. The number of nitrogens with one attached hydrogen (secondary N) is 1. The number of fused-ring (bicyclic) bond motifs is 1. The van der Waals surface area contributed by atoms with E-state index in [-0.39, 0.29) is 5.52 Å². The smallest absolute Gasteiger partial charge is 0.385 e. The molecular formula is C27H23F3N2. The van der Waals surface area contributed by atoms with Crippen molar-refractivity contribution in [1.82, 2.24) is 4.98 Å². The van der Waals surface area contributed by atoms with Gasteiger partial charge in [0.15, 0.2) is 0 Å². The lowest BCUT2D eigenvalue weighted by atomic mass is 9.91. The van der Waals surface area contributed by atoms with Crippen LogP contribution in [0.3, 0.4) is 0 Å². The maximum absolute atomic E-state index is 13.7. The van der Waals surface area contributed by atoms with Crippen LogP contribution in [-0.2, 0) is 12.6 Å². The predicted octanol–water partition coefficient (Wildman–Crippen LogP) is 7.33. The Balaban J connectivity index is 1.66. The summed E-state index contributed by atoms with van der Waals surface area (Å²) in [5.74, 6) is 0.725. The Bertz CT molecular complexity index is 1240. The highest BCUT2D eigenvalue weighted by Crippen LogP contribution is 2.39. The topological polar surface area (TPSA) is 24.9 Å². The van der Waals surface area contributed by atoms with E-state index in [9.17, 15) is 13.2 Å². The van der Waals surface area contributed by atoms with Gasteiger partial charge in [0, 0.05) is 23.8 Å². The van der Waals surface area contributed by atoms with Gasteiger partial charge in [0.25, 0.3) is 0 Å². The first-order valence-electron chi connectivity index (χ1n) is 10.8. The van der Waals surface area contributed by atoms with E-state index in [0.29, 0.717) is 11.8 Å². The summed E-state index contributed by atoms with van der Waals surface area (Å²) in [6.45, 7) is 0.926. The van der Waals surface area contributed by atoms with Gasteiger partial charge < -0.3 is 5.32 Å². The van der Waals surface area contributed by atoms with Crippen LogP contribution in [0.2, 0.25) is 0 Å². The number of benzene rings is 3. The van der Waals surface area contributed by atoms with Crippen molar-refractivity contribution in [2.75, 3.05) is 11.9 Å². The molecule has 0 radical (unpaired) electrons. The maximum Gasteiger partial charge on any atom is 0.418 e. The molecule has 32 heavy (non-hydrogen) atoms. The summed E-state index contributed by atoms with van der Waals surface area (Å²) < 4.78 is 41.1. The zero-order valence-corrected chi connectivity index (χ0v) is 17.5. The molecule has 2 nitrogen and oxygen atoms in total. The molecule has 1 saturated carbocycles. The number of nitrogens with zero attached hydrogens (tertiary/aromatic N) is 1. The van der Waals surface area contributed by atoms with Crippen LogP contribution in [0.4, 0.5) is 18.9 Å². The first-order valence-corrected chi connectivity index (χ1v) is 10.8. The first kappa shape index (κ1) is 20.6. The van der Waals surface area contributed by atoms with E-state index in [1.54, 1.807) is 12.3 Å². The molecule has 0 atom stereocenters. The largest absolute Gasteiger partial charge is 0.418 e. The van der Waals surface area contributed by atoms with E-state index in [1.165, 1.54) is 18.9 Å². The molecule has 0 spiro atoms. The average Bonchev–Trinajstić information content (AvgIpc) is 3.62. The Hall–Kier alpha value is -3.34. The summed E-state index contributed by atoms with van der Waals surface area (Å²) in [6.07, 6.45) is 0.240. The molecule has 0 amide bonds. The highest BCUT2D eigenvalue weighted by molar-refractivity contribution is 5.98. The minimum absolute atomic E-state index is 0.0110. The van der Waals surface area contributed by atoms with Crippen molar-refractivity contribution in [2.24, 2.45) is 5.92 Å². The molecule has 0 saturated heterocycles. The number of aromatic nitrogens is 1. The van der Waals surface area contributed by atoms with E-state index in [1.807, 2.05) is 54.6 Å². The predicted molar refractivity (Wildman–Crippen MR) is 123 cm³/mol. The molecule has 1 heterocycles. The van der Waals surface area contributed by atoms with Crippen molar-refractivity contribution >= 4 is 16.6 Å². The monoisotopic (exact) mass is 432 g/mol. The first-order chi connectivity index (χ1) is 15.5. The Labute approximate surface area is 185 Å². The van der Waals surface area contributed by atoms with E-state index in [2.05, 4.69) is 10.3 Å². The van der Waals surface area contributed by atoms with Gasteiger partial charge >= 0.3 is 6.18 Å². The SMILES string of the molecule is FC(F)(F)c1cccc2c(-c3cccc(NCC4CC4)c3)c(Cc3ccccc3)cnc12. The molecule has 162 valence electrons. The van der Waals surface area contributed by atoms with Gasteiger partial charge in [-0.1, -0.05) is 54.6 Å². The van der Waals surface area contributed by atoms with E-state index >= 15 is 0 Å². The second kappa shape index (κ2) is 8.30. The number of hydrogen-bond donors (Lipinski definition) is 1. The fraction of sp³-hybridized carbons (Fsp3) is 0.222. The molecule has 1 N–H and O–H groups in total. The average molecular weight is 432 g/mol. The van der Waals surface area contributed by atoms with Gasteiger partial charge in [0.2, 0.25) is 0 Å². The van der Waals surface area contributed by atoms with Gasteiger partial charge in [-0.25, -0.2) is 0 Å². The summed E-state index contributed by atoms with van der Waals surface area (Å²) in [4.78, 5) is 4.28. The lowest BCUT2D eigenvalue weighted by Gasteiger charge is -2.17. The van der Waals surface area contributed by atoms with Crippen LogP contribution in [0.15, 0.2) is 79.0 Å². The zero-order chi connectivity index (χ0) is 22.1. The summed E-state index contributed by atoms with van der Waals surface area (Å²) in [5.41, 5.74) is 3.96. The Morgan fingerprint density at radius 3 is 2.44 bits per heavy atom. The van der Waals surface area contributed by atoms with Crippen LogP contribution in [-0.4, -0.2) is 11.5 Å². The van der Waals surface area contributed by atoms with Gasteiger partial charge in [-0.2, -0.15) is 13.2 Å². The standard InChI is InChI=1S/C27H23F3N2/c28-27(29,30)24-11-5-10-23-25(20-8-4-9-22(15-20)31-16-19-12-13-19)21(17-32-26(23)24)14-18-6-2-1-3-7-18/h1-11,15,17,19,31H,12-14,16H2. The molecule has 0 unspecified atom stereocenters. The van der Waals surface area contributed by atoms with Gasteiger partial charge in [-0.3, -0.25) is 4.98 Å².